The fourth-order valence-electron chi connectivity index (χ4n) is 1.70. The van der Waals surface area contributed by atoms with Crippen LogP contribution in [0.25, 0.3) is 0 Å². The van der Waals surface area contributed by atoms with Crippen LogP contribution in [-0.2, 0) is 9.59 Å². The molecule has 1 amide bonds. The normalized spacial score (nSPS) is 19.2. The van der Waals surface area contributed by atoms with Crippen LogP contribution in [0.4, 0.5) is 5.82 Å². The first-order valence-corrected chi connectivity index (χ1v) is 5.03. The molecule has 1 aliphatic rings. The van der Waals surface area contributed by atoms with Crippen LogP contribution in [0.1, 0.15) is 22.5 Å². The number of rotatable bonds is 1. The molecule has 1 atom stereocenters. The highest BCUT2D eigenvalue weighted by Gasteiger charge is 2.34. The van der Waals surface area contributed by atoms with E-state index in [9.17, 15) is 14.4 Å². The Morgan fingerprint density at radius 1 is 1.47 bits per heavy atom. The van der Waals surface area contributed by atoms with Gasteiger partial charge in [0.15, 0.2) is 5.78 Å². The number of carboxylic acids is 1. The van der Waals surface area contributed by atoms with Gasteiger partial charge in [-0.2, -0.15) is 0 Å². The number of Topliss-reactive ketones (excluding diaryl/α,β-unsaturated/α-hetero) is 1. The third-order valence-corrected chi connectivity index (χ3v) is 2.56. The molecule has 2 N–H and O–H groups in total. The summed E-state index contributed by atoms with van der Waals surface area (Å²) in [6.45, 7) is 1.72. The molecule has 88 valence electrons. The van der Waals surface area contributed by atoms with Gasteiger partial charge >= 0.3 is 5.97 Å². The third-order valence-electron chi connectivity index (χ3n) is 2.56. The van der Waals surface area contributed by atoms with Crippen molar-refractivity contribution in [3.8, 4) is 0 Å². The number of anilines is 1. The Bertz CT molecular complexity index is 524. The monoisotopic (exact) mass is 234 g/mol. The Balaban J connectivity index is 2.53. The van der Waals surface area contributed by atoms with Crippen LogP contribution >= 0.6 is 0 Å². The Morgan fingerprint density at radius 3 is 2.82 bits per heavy atom. The van der Waals surface area contributed by atoms with Crippen LogP contribution in [0.5, 0.6) is 0 Å². The third kappa shape index (κ3) is 2.01. The SMILES string of the molecule is Cc1ccc2c(n1)NC(=O)CC(C(=O)O)C2=O. The molecule has 0 fully saturated rings. The first-order valence-electron chi connectivity index (χ1n) is 5.03. The molecular weight excluding hydrogens is 224 g/mol. The molecule has 1 aromatic heterocycles. The molecule has 2 rings (SSSR count). The van der Waals surface area contributed by atoms with E-state index >= 15 is 0 Å². The highest BCUT2D eigenvalue weighted by atomic mass is 16.4. The maximum absolute atomic E-state index is 11.9. The Labute approximate surface area is 96.7 Å². The van der Waals surface area contributed by atoms with E-state index in [0.29, 0.717) is 5.69 Å². The molecule has 1 aromatic rings. The summed E-state index contributed by atoms with van der Waals surface area (Å²) in [5.41, 5.74) is 0.791. The van der Waals surface area contributed by atoms with Crippen molar-refractivity contribution < 1.29 is 19.5 Å². The molecule has 0 spiro atoms. The second kappa shape index (κ2) is 3.97. The molecule has 17 heavy (non-hydrogen) atoms. The van der Waals surface area contributed by atoms with Crippen LogP contribution in [0, 0.1) is 12.8 Å². The fraction of sp³-hybridized carbons (Fsp3) is 0.273. The van der Waals surface area contributed by atoms with E-state index in [-0.39, 0.29) is 17.8 Å². The van der Waals surface area contributed by atoms with E-state index in [4.69, 9.17) is 5.11 Å². The van der Waals surface area contributed by atoms with Gasteiger partial charge in [0.2, 0.25) is 5.91 Å². The maximum Gasteiger partial charge on any atom is 0.314 e. The molecule has 0 bridgehead atoms. The average Bonchev–Trinajstić information content (AvgIpc) is 2.35. The highest BCUT2D eigenvalue weighted by molar-refractivity contribution is 6.16. The summed E-state index contributed by atoms with van der Waals surface area (Å²) in [4.78, 5) is 38.3. The van der Waals surface area contributed by atoms with Crippen molar-refractivity contribution in [1.29, 1.82) is 0 Å². The van der Waals surface area contributed by atoms with Gasteiger partial charge in [-0.3, -0.25) is 14.4 Å². The zero-order valence-corrected chi connectivity index (χ0v) is 9.06. The summed E-state index contributed by atoms with van der Waals surface area (Å²) < 4.78 is 0. The second-order valence-electron chi connectivity index (χ2n) is 3.86. The Kier molecular flexibility index (Phi) is 2.63. The number of ketones is 1. The summed E-state index contributed by atoms with van der Waals surface area (Å²) in [7, 11) is 0. The van der Waals surface area contributed by atoms with E-state index < -0.39 is 23.6 Å². The smallest absolute Gasteiger partial charge is 0.314 e. The zero-order valence-electron chi connectivity index (χ0n) is 9.06. The molecule has 6 nitrogen and oxygen atoms in total. The van der Waals surface area contributed by atoms with Gasteiger partial charge in [0.1, 0.15) is 11.7 Å². The molecule has 6 heteroatoms. The lowest BCUT2D eigenvalue weighted by Gasteiger charge is -2.06. The largest absolute Gasteiger partial charge is 0.481 e. The van der Waals surface area contributed by atoms with Gasteiger partial charge in [-0.05, 0) is 19.1 Å². The minimum atomic E-state index is -1.33. The molecular formula is C11H10N2O4. The predicted molar refractivity (Wildman–Crippen MR) is 57.7 cm³/mol. The molecule has 0 aromatic carbocycles. The summed E-state index contributed by atoms with van der Waals surface area (Å²) in [5, 5.41) is 11.4. The molecule has 1 aliphatic heterocycles. The van der Waals surface area contributed by atoms with E-state index in [0.717, 1.165) is 0 Å². The first kappa shape index (κ1) is 11.3. The number of hydrogen-bond donors (Lipinski definition) is 2. The topological polar surface area (TPSA) is 96.4 Å². The number of fused-ring (bicyclic) bond motifs is 1. The van der Waals surface area contributed by atoms with Crippen LogP contribution in [0.2, 0.25) is 0 Å². The van der Waals surface area contributed by atoms with Gasteiger partial charge in [0.05, 0.1) is 5.56 Å². The quantitative estimate of drug-likeness (QED) is 0.694. The lowest BCUT2D eigenvalue weighted by molar-refractivity contribution is -0.141. The molecule has 0 aliphatic carbocycles. The Hall–Kier alpha value is -2.24. The molecule has 0 radical (unpaired) electrons. The Morgan fingerprint density at radius 2 is 2.18 bits per heavy atom. The van der Waals surface area contributed by atoms with Gasteiger partial charge in [-0.1, -0.05) is 0 Å². The number of amides is 1. The number of pyridine rings is 1. The number of hydrogen-bond acceptors (Lipinski definition) is 4. The number of aryl methyl sites for hydroxylation is 1. The molecule has 0 saturated carbocycles. The van der Waals surface area contributed by atoms with E-state index in [2.05, 4.69) is 10.3 Å². The lowest BCUT2D eigenvalue weighted by atomic mass is 9.96. The van der Waals surface area contributed by atoms with Crippen molar-refractivity contribution in [3.63, 3.8) is 0 Å². The van der Waals surface area contributed by atoms with Gasteiger partial charge < -0.3 is 10.4 Å². The molecule has 0 saturated heterocycles. The van der Waals surface area contributed by atoms with Crippen LogP contribution in [0.15, 0.2) is 12.1 Å². The number of nitrogens with one attached hydrogen (secondary N) is 1. The number of aromatic nitrogens is 1. The summed E-state index contributed by atoms with van der Waals surface area (Å²) in [6.07, 6.45) is -0.358. The van der Waals surface area contributed by atoms with E-state index in [1.807, 2.05) is 0 Å². The zero-order chi connectivity index (χ0) is 12.6. The van der Waals surface area contributed by atoms with Crippen molar-refractivity contribution in [2.45, 2.75) is 13.3 Å². The van der Waals surface area contributed by atoms with Crippen molar-refractivity contribution in [3.05, 3.63) is 23.4 Å². The number of carbonyl (C=O) groups is 3. The van der Waals surface area contributed by atoms with Gasteiger partial charge in [-0.25, -0.2) is 4.98 Å². The van der Waals surface area contributed by atoms with E-state index in [1.165, 1.54) is 6.07 Å². The summed E-state index contributed by atoms with van der Waals surface area (Å²) >= 11 is 0. The number of aliphatic carboxylic acids is 1. The minimum absolute atomic E-state index is 0.142. The second-order valence-corrected chi connectivity index (χ2v) is 3.86. The molecule has 2 heterocycles. The van der Waals surface area contributed by atoms with Gasteiger partial charge in [0, 0.05) is 12.1 Å². The number of carboxylic acid groups (broad SMARTS) is 1. The predicted octanol–water partition coefficient (Wildman–Crippen LogP) is 0.616. The first-order chi connectivity index (χ1) is 7.99. The minimum Gasteiger partial charge on any atom is -0.481 e. The molecule has 1 unspecified atom stereocenters. The summed E-state index contributed by atoms with van der Waals surface area (Å²) in [6, 6.07) is 3.09. The van der Waals surface area contributed by atoms with Crippen molar-refractivity contribution in [2.24, 2.45) is 5.92 Å². The number of nitrogens with zero attached hydrogens (tertiary/aromatic N) is 1. The van der Waals surface area contributed by atoms with Gasteiger partial charge in [0.25, 0.3) is 0 Å². The van der Waals surface area contributed by atoms with Crippen molar-refractivity contribution >= 4 is 23.5 Å². The van der Waals surface area contributed by atoms with Crippen LogP contribution < -0.4 is 5.32 Å². The van der Waals surface area contributed by atoms with Crippen molar-refractivity contribution in [2.75, 3.05) is 5.32 Å². The van der Waals surface area contributed by atoms with Crippen LogP contribution in [0.3, 0.4) is 0 Å². The standard InChI is InChI=1S/C11H10N2O4/c1-5-2-3-6-9(15)7(11(16)17)4-8(14)13-10(6)12-5/h2-3,7H,4H2,1H3,(H,16,17)(H,12,13,14). The maximum atomic E-state index is 11.9. The van der Waals surface area contributed by atoms with Crippen molar-refractivity contribution in [1.82, 2.24) is 4.98 Å². The van der Waals surface area contributed by atoms with Crippen LogP contribution in [-0.4, -0.2) is 27.8 Å². The fourth-order valence-corrected chi connectivity index (χ4v) is 1.70. The average molecular weight is 234 g/mol. The summed E-state index contributed by atoms with van der Waals surface area (Å²) in [5.74, 6) is -3.58. The van der Waals surface area contributed by atoms with E-state index in [1.54, 1.807) is 13.0 Å². The number of carbonyl (C=O) groups excluding carboxylic acids is 2. The highest BCUT2D eigenvalue weighted by Crippen LogP contribution is 2.24. The lowest BCUT2D eigenvalue weighted by Crippen LogP contribution is -2.25. The van der Waals surface area contributed by atoms with Gasteiger partial charge in [-0.15, -0.1) is 0 Å².